The number of aromatic amines is 1. The van der Waals surface area contributed by atoms with E-state index in [9.17, 15) is 4.79 Å². The lowest BCUT2D eigenvalue weighted by Gasteiger charge is -2.07. The van der Waals surface area contributed by atoms with Gasteiger partial charge in [0.25, 0.3) is 0 Å². The van der Waals surface area contributed by atoms with E-state index in [1.165, 1.54) is 17.7 Å². The third-order valence-corrected chi connectivity index (χ3v) is 5.04. The molecule has 7 heteroatoms. The van der Waals surface area contributed by atoms with Crippen LogP contribution in [0.15, 0.2) is 41.8 Å². The Bertz CT molecular complexity index is 837. The molecule has 0 unspecified atom stereocenters. The fraction of sp³-hybridized carbons (Fsp3) is 0.278. The number of hydrogen-bond acceptors (Lipinski definition) is 4. The van der Waals surface area contributed by atoms with Gasteiger partial charge in [0.15, 0.2) is 5.82 Å². The van der Waals surface area contributed by atoms with Gasteiger partial charge in [-0.1, -0.05) is 6.07 Å². The van der Waals surface area contributed by atoms with Crippen LogP contribution in [-0.2, 0) is 6.42 Å². The van der Waals surface area contributed by atoms with Crippen LogP contribution in [-0.4, -0.2) is 27.8 Å². The molecule has 2 amide bonds. The smallest absolute Gasteiger partial charge is 0.319 e. The molecule has 1 saturated carbocycles. The number of amides is 2. The molecule has 2 heterocycles. The fourth-order valence-electron chi connectivity index (χ4n) is 2.57. The number of carbonyl (C=O) groups is 1. The molecule has 6 nitrogen and oxygen atoms in total. The first-order chi connectivity index (χ1) is 12.3. The Morgan fingerprint density at radius 1 is 1.24 bits per heavy atom. The van der Waals surface area contributed by atoms with Crippen LogP contribution >= 0.6 is 11.3 Å². The number of aromatic nitrogens is 3. The van der Waals surface area contributed by atoms with Gasteiger partial charge in [-0.2, -0.15) is 5.10 Å². The molecule has 128 valence electrons. The fourth-order valence-corrected chi connectivity index (χ4v) is 3.28. The van der Waals surface area contributed by atoms with Crippen molar-refractivity contribution in [2.24, 2.45) is 0 Å². The van der Waals surface area contributed by atoms with Crippen LogP contribution in [0.25, 0.3) is 11.4 Å². The van der Waals surface area contributed by atoms with Crippen molar-refractivity contribution in [1.82, 2.24) is 20.5 Å². The van der Waals surface area contributed by atoms with Gasteiger partial charge >= 0.3 is 6.03 Å². The highest BCUT2D eigenvalue weighted by Gasteiger charge is 2.27. The summed E-state index contributed by atoms with van der Waals surface area (Å²) in [6, 6.07) is 11.5. The number of anilines is 1. The molecule has 0 aliphatic heterocycles. The topological polar surface area (TPSA) is 82.7 Å². The molecule has 1 fully saturated rings. The SMILES string of the molecule is O=C(NCCc1cccs1)Nc1ccc(-c2n[nH]c(C3CC3)n2)cc1. The Kier molecular flexibility index (Phi) is 4.47. The lowest BCUT2D eigenvalue weighted by molar-refractivity contribution is 0.252. The first kappa shape index (κ1) is 15.8. The highest BCUT2D eigenvalue weighted by molar-refractivity contribution is 7.09. The average Bonchev–Trinajstić information content (AvgIpc) is 3.13. The Labute approximate surface area is 149 Å². The largest absolute Gasteiger partial charge is 0.338 e. The number of urea groups is 1. The normalized spacial score (nSPS) is 13.6. The quantitative estimate of drug-likeness (QED) is 0.631. The third-order valence-electron chi connectivity index (χ3n) is 4.10. The Hall–Kier alpha value is -2.67. The first-order valence-corrected chi connectivity index (χ1v) is 9.26. The summed E-state index contributed by atoms with van der Waals surface area (Å²) < 4.78 is 0. The molecule has 0 bridgehead atoms. The molecule has 2 aromatic heterocycles. The zero-order valence-electron chi connectivity index (χ0n) is 13.7. The molecule has 4 rings (SSSR count). The number of carbonyl (C=O) groups excluding carboxylic acids is 1. The van der Waals surface area contributed by atoms with Crippen molar-refractivity contribution in [3.63, 3.8) is 0 Å². The van der Waals surface area contributed by atoms with E-state index in [0.29, 0.717) is 18.3 Å². The summed E-state index contributed by atoms with van der Waals surface area (Å²) in [7, 11) is 0. The van der Waals surface area contributed by atoms with Gasteiger partial charge in [-0.3, -0.25) is 5.10 Å². The molecular formula is C18H19N5OS. The minimum atomic E-state index is -0.196. The number of rotatable bonds is 6. The lowest BCUT2D eigenvalue weighted by atomic mass is 10.2. The second kappa shape index (κ2) is 7.06. The van der Waals surface area contributed by atoms with E-state index < -0.39 is 0 Å². The molecule has 1 aromatic carbocycles. The van der Waals surface area contributed by atoms with Crippen LogP contribution in [0.1, 0.15) is 29.5 Å². The van der Waals surface area contributed by atoms with E-state index in [-0.39, 0.29) is 6.03 Å². The second-order valence-corrected chi connectivity index (χ2v) is 7.14. The Morgan fingerprint density at radius 2 is 2.08 bits per heavy atom. The summed E-state index contributed by atoms with van der Waals surface area (Å²) in [5.41, 5.74) is 1.68. The van der Waals surface area contributed by atoms with Gasteiger partial charge in [0, 0.05) is 28.6 Å². The molecule has 0 spiro atoms. The van der Waals surface area contributed by atoms with Crippen molar-refractivity contribution in [3.05, 3.63) is 52.5 Å². The van der Waals surface area contributed by atoms with E-state index in [0.717, 1.165) is 23.5 Å². The number of thiophene rings is 1. The van der Waals surface area contributed by atoms with Crippen LogP contribution in [0.5, 0.6) is 0 Å². The van der Waals surface area contributed by atoms with Crippen molar-refractivity contribution in [2.75, 3.05) is 11.9 Å². The molecule has 3 aromatic rings. The number of nitrogens with one attached hydrogen (secondary N) is 3. The molecule has 1 aliphatic rings. The van der Waals surface area contributed by atoms with Gasteiger partial charge in [-0.25, -0.2) is 9.78 Å². The Morgan fingerprint density at radius 3 is 2.80 bits per heavy atom. The van der Waals surface area contributed by atoms with Crippen molar-refractivity contribution in [2.45, 2.75) is 25.2 Å². The highest BCUT2D eigenvalue weighted by atomic mass is 32.1. The second-order valence-electron chi connectivity index (χ2n) is 6.11. The molecular weight excluding hydrogens is 334 g/mol. The van der Waals surface area contributed by atoms with Crippen LogP contribution in [0, 0.1) is 0 Å². The number of H-pyrrole nitrogens is 1. The highest BCUT2D eigenvalue weighted by Crippen LogP contribution is 2.38. The molecule has 3 N–H and O–H groups in total. The van der Waals surface area contributed by atoms with Crippen LogP contribution in [0.2, 0.25) is 0 Å². The minimum absolute atomic E-state index is 0.196. The lowest BCUT2D eigenvalue weighted by Crippen LogP contribution is -2.30. The van der Waals surface area contributed by atoms with Gasteiger partial charge in [-0.15, -0.1) is 11.3 Å². The predicted molar refractivity (Wildman–Crippen MR) is 98.8 cm³/mol. The summed E-state index contributed by atoms with van der Waals surface area (Å²) in [6.07, 6.45) is 3.23. The third kappa shape index (κ3) is 4.06. The molecule has 0 saturated heterocycles. The summed E-state index contributed by atoms with van der Waals surface area (Å²) in [5.74, 6) is 2.23. The van der Waals surface area contributed by atoms with Crippen molar-refractivity contribution < 1.29 is 4.79 Å². The monoisotopic (exact) mass is 353 g/mol. The average molecular weight is 353 g/mol. The maximum atomic E-state index is 11.9. The zero-order chi connectivity index (χ0) is 17.1. The molecule has 0 radical (unpaired) electrons. The van der Waals surface area contributed by atoms with Gasteiger partial charge in [-0.05, 0) is 55.0 Å². The number of benzene rings is 1. The molecule has 1 aliphatic carbocycles. The van der Waals surface area contributed by atoms with Crippen molar-refractivity contribution in [1.29, 1.82) is 0 Å². The van der Waals surface area contributed by atoms with Crippen LogP contribution in [0.3, 0.4) is 0 Å². The van der Waals surface area contributed by atoms with Crippen LogP contribution < -0.4 is 10.6 Å². The summed E-state index contributed by atoms with van der Waals surface area (Å²) in [6.45, 7) is 0.617. The van der Waals surface area contributed by atoms with E-state index in [2.05, 4.69) is 31.9 Å². The van der Waals surface area contributed by atoms with Gasteiger partial charge in [0.2, 0.25) is 0 Å². The number of nitrogens with zero attached hydrogens (tertiary/aromatic N) is 2. The van der Waals surface area contributed by atoms with Gasteiger partial charge in [0.05, 0.1) is 0 Å². The zero-order valence-corrected chi connectivity index (χ0v) is 14.5. The van der Waals surface area contributed by atoms with E-state index in [1.54, 1.807) is 11.3 Å². The van der Waals surface area contributed by atoms with Crippen LogP contribution in [0.4, 0.5) is 10.5 Å². The maximum Gasteiger partial charge on any atom is 0.319 e. The molecule has 25 heavy (non-hydrogen) atoms. The van der Waals surface area contributed by atoms with E-state index >= 15 is 0 Å². The number of hydrogen-bond donors (Lipinski definition) is 3. The molecule has 0 atom stereocenters. The van der Waals surface area contributed by atoms with Gasteiger partial charge in [0.1, 0.15) is 5.82 Å². The maximum absolute atomic E-state index is 11.9. The summed E-state index contributed by atoms with van der Waals surface area (Å²) >= 11 is 1.70. The van der Waals surface area contributed by atoms with Crippen molar-refractivity contribution in [3.8, 4) is 11.4 Å². The van der Waals surface area contributed by atoms with Gasteiger partial charge < -0.3 is 10.6 Å². The Balaban J connectivity index is 1.29. The first-order valence-electron chi connectivity index (χ1n) is 8.38. The summed E-state index contributed by atoms with van der Waals surface area (Å²) in [5, 5.41) is 15.0. The predicted octanol–water partition coefficient (Wildman–Crippen LogP) is 3.77. The van der Waals surface area contributed by atoms with E-state index in [4.69, 9.17) is 0 Å². The minimum Gasteiger partial charge on any atom is -0.338 e. The van der Waals surface area contributed by atoms with Crippen molar-refractivity contribution >= 4 is 23.1 Å². The summed E-state index contributed by atoms with van der Waals surface area (Å²) in [4.78, 5) is 17.7. The standard InChI is InChI=1S/C18H19N5OS/c24-18(19-10-9-15-2-1-11-25-15)20-14-7-5-13(6-8-14)17-21-16(22-23-17)12-3-4-12/h1-2,5-8,11-12H,3-4,9-10H2,(H2,19,20,24)(H,21,22,23). The van der Waals surface area contributed by atoms with E-state index in [1.807, 2.05) is 35.7 Å².